The van der Waals surface area contributed by atoms with Crippen LogP contribution in [0.2, 0.25) is 0 Å². The second kappa shape index (κ2) is 2.86. The molecule has 0 aromatic heterocycles. The van der Waals surface area contributed by atoms with Crippen LogP contribution in [0.4, 0.5) is 0 Å². The van der Waals surface area contributed by atoms with Crippen molar-refractivity contribution in [3.63, 3.8) is 0 Å². The largest absolute Gasteiger partial charge is 0.304 e. The van der Waals surface area contributed by atoms with Gasteiger partial charge in [-0.1, -0.05) is 0 Å². The van der Waals surface area contributed by atoms with Crippen LogP contribution in [0.3, 0.4) is 0 Å². The first-order valence-corrected chi connectivity index (χ1v) is 4.91. The highest BCUT2D eigenvalue weighted by Crippen LogP contribution is 1.92. The summed E-state index contributed by atoms with van der Waals surface area (Å²) < 4.78 is 24.2. The van der Waals surface area contributed by atoms with E-state index in [-0.39, 0.29) is 5.75 Å². The molecule has 0 radical (unpaired) electrons. The van der Waals surface area contributed by atoms with Gasteiger partial charge in [0, 0.05) is 19.6 Å². The van der Waals surface area contributed by atoms with Crippen LogP contribution in [-0.2, 0) is 10.0 Å². The number of hydrogen-bond donors (Lipinski definition) is 1. The van der Waals surface area contributed by atoms with Crippen LogP contribution in [0.5, 0.6) is 0 Å². The van der Waals surface area contributed by atoms with Gasteiger partial charge in [-0.05, 0) is 7.05 Å². The number of nitrogens with zero attached hydrogens (tertiary/aromatic N) is 1. The summed E-state index contributed by atoms with van der Waals surface area (Å²) in [6.45, 7) is 1.98. The minimum Gasteiger partial charge on any atom is -0.304 e. The van der Waals surface area contributed by atoms with Crippen molar-refractivity contribution in [2.45, 2.75) is 0 Å². The molecule has 0 amide bonds. The Bertz CT molecular complexity index is 200. The minimum atomic E-state index is -2.94. The summed E-state index contributed by atoms with van der Waals surface area (Å²) in [7, 11) is -1.02. The number of likely N-dealkylation sites (N-methyl/N-ethyl adjacent to an activating group) is 1. The van der Waals surface area contributed by atoms with Gasteiger partial charge in [0.2, 0.25) is 10.0 Å². The van der Waals surface area contributed by atoms with Crippen LogP contribution in [0.25, 0.3) is 0 Å². The molecule has 10 heavy (non-hydrogen) atoms. The minimum absolute atomic E-state index is 0.226. The van der Waals surface area contributed by atoms with Crippen molar-refractivity contribution in [2.24, 2.45) is 0 Å². The molecule has 0 spiro atoms. The van der Waals surface area contributed by atoms with E-state index >= 15 is 0 Å². The number of hydrogen-bond acceptors (Lipinski definition) is 3. The molecule has 1 N–H and O–H groups in total. The van der Waals surface area contributed by atoms with Crippen molar-refractivity contribution >= 4 is 10.0 Å². The van der Waals surface area contributed by atoms with E-state index in [1.807, 2.05) is 11.9 Å². The zero-order chi connectivity index (χ0) is 7.61. The van der Waals surface area contributed by atoms with Crippen molar-refractivity contribution in [2.75, 3.05) is 32.4 Å². The predicted octanol–water partition coefficient (Wildman–Crippen LogP) is -1.15. The van der Waals surface area contributed by atoms with E-state index in [9.17, 15) is 8.42 Å². The molecule has 1 aliphatic heterocycles. The topological polar surface area (TPSA) is 49.4 Å². The molecule has 0 unspecified atom stereocenters. The highest BCUT2D eigenvalue weighted by Gasteiger charge is 2.14. The fraction of sp³-hybridized carbons (Fsp3) is 1.00. The van der Waals surface area contributed by atoms with E-state index in [4.69, 9.17) is 0 Å². The lowest BCUT2D eigenvalue weighted by Gasteiger charge is -2.09. The Morgan fingerprint density at radius 2 is 2.10 bits per heavy atom. The van der Waals surface area contributed by atoms with Gasteiger partial charge < -0.3 is 4.90 Å². The maximum atomic E-state index is 10.9. The first-order valence-electron chi connectivity index (χ1n) is 3.26. The molecule has 1 aliphatic rings. The van der Waals surface area contributed by atoms with Gasteiger partial charge >= 0.3 is 0 Å². The van der Waals surface area contributed by atoms with Crippen molar-refractivity contribution in [3.05, 3.63) is 0 Å². The van der Waals surface area contributed by atoms with E-state index in [0.29, 0.717) is 13.1 Å². The van der Waals surface area contributed by atoms with Crippen LogP contribution < -0.4 is 4.72 Å². The molecule has 0 bridgehead atoms. The molecular weight excluding hydrogens is 152 g/mol. The third kappa shape index (κ3) is 2.24. The van der Waals surface area contributed by atoms with E-state index in [2.05, 4.69) is 4.72 Å². The van der Waals surface area contributed by atoms with Crippen molar-refractivity contribution < 1.29 is 8.42 Å². The molecule has 1 heterocycles. The SMILES string of the molecule is CN1CCNS(=O)(=O)CC1. The molecule has 1 rings (SSSR count). The van der Waals surface area contributed by atoms with Gasteiger partial charge in [-0.2, -0.15) is 0 Å². The van der Waals surface area contributed by atoms with Gasteiger partial charge in [-0.3, -0.25) is 0 Å². The average molecular weight is 164 g/mol. The lowest BCUT2D eigenvalue weighted by atomic mass is 10.5. The predicted molar refractivity (Wildman–Crippen MR) is 39.3 cm³/mol. The van der Waals surface area contributed by atoms with Gasteiger partial charge in [-0.25, -0.2) is 13.1 Å². The number of rotatable bonds is 0. The summed E-state index contributed by atoms with van der Waals surface area (Å²) in [6, 6.07) is 0. The highest BCUT2D eigenvalue weighted by molar-refractivity contribution is 7.89. The van der Waals surface area contributed by atoms with Crippen molar-refractivity contribution in [1.29, 1.82) is 0 Å². The Morgan fingerprint density at radius 1 is 1.40 bits per heavy atom. The summed E-state index contributed by atoms with van der Waals surface area (Å²) in [6.07, 6.45) is 0. The molecule has 60 valence electrons. The summed E-state index contributed by atoms with van der Waals surface area (Å²) in [4.78, 5) is 2.00. The second-order valence-corrected chi connectivity index (χ2v) is 4.44. The fourth-order valence-corrected chi connectivity index (χ4v) is 1.95. The lowest BCUT2D eigenvalue weighted by molar-refractivity contribution is 0.368. The summed E-state index contributed by atoms with van der Waals surface area (Å²) >= 11 is 0. The van der Waals surface area contributed by atoms with Gasteiger partial charge in [0.05, 0.1) is 5.75 Å². The van der Waals surface area contributed by atoms with Gasteiger partial charge in [-0.15, -0.1) is 0 Å². The summed E-state index contributed by atoms with van der Waals surface area (Å²) in [5.74, 6) is 0.226. The molecule has 4 nitrogen and oxygen atoms in total. The Kier molecular flexibility index (Phi) is 2.28. The lowest BCUT2D eigenvalue weighted by Crippen LogP contribution is -2.26. The van der Waals surface area contributed by atoms with E-state index in [1.54, 1.807) is 0 Å². The molecule has 1 saturated heterocycles. The van der Waals surface area contributed by atoms with Gasteiger partial charge in [0.25, 0.3) is 0 Å². The quantitative estimate of drug-likeness (QED) is 0.492. The van der Waals surface area contributed by atoms with E-state index in [0.717, 1.165) is 6.54 Å². The van der Waals surface area contributed by atoms with E-state index < -0.39 is 10.0 Å². The second-order valence-electron chi connectivity index (χ2n) is 2.52. The normalized spacial score (nSPS) is 27.7. The molecule has 0 aromatic rings. The zero-order valence-electron chi connectivity index (χ0n) is 6.00. The van der Waals surface area contributed by atoms with E-state index in [1.165, 1.54) is 0 Å². The molecule has 0 aromatic carbocycles. The number of nitrogens with one attached hydrogen (secondary N) is 1. The van der Waals surface area contributed by atoms with Crippen LogP contribution in [0.1, 0.15) is 0 Å². The maximum Gasteiger partial charge on any atom is 0.212 e. The first-order chi connectivity index (χ1) is 4.60. The molecule has 1 fully saturated rings. The van der Waals surface area contributed by atoms with Gasteiger partial charge in [0.15, 0.2) is 0 Å². The monoisotopic (exact) mass is 164 g/mol. The van der Waals surface area contributed by atoms with Crippen LogP contribution in [0.15, 0.2) is 0 Å². The standard InChI is InChI=1S/C5H12N2O2S/c1-7-3-2-6-10(8,9)5-4-7/h6H,2-5H2,1H3. The Morgan fingerprint density at radius 3 is 2.80 bits per heavy atom. The average Bonchev–Trinajstić information content (AvgIpc) is 1.94. The first kappa shape index (κ1) is 7.97. The molecule has 5 heteroatoms. The van der Waals surface area contributed by atoms with Crippen molar-refractivity contribution in [1.82, 2.24) is 9.62 Å². The summed E-state index contributed by atoms with van der Waals surface area (Å²) in [5, 5.41) is 0. The van der Waals surface area contributed by atoms with Crippen LogP contribution >= 0.6 is 0 Å². The fourth-order valence-electron chi connectivity index (χ4n) is 0.852. The maximum absolute atomic E-state index is 10.9. The van der Waals surface area contributed by atoms with Crippen LogP contribution in [-0.4, -0.2) is 45.8 Å². The van der Waals surface area contributed by atoms with Gasteiger partial charge in [0.1, 0.15) is 0 Å². The Hall–Kier alpha value is -0.130. The highest BCUT2D eigenvalue weighted by atomic mass is 32.2. The van der Waals surface area contributed by atoms with Crippen LogP contribution in [0, 0.1) is 0 Å². The molecule has 0 saturated carbocycles. The zero-order valence-corrected chi connectivity index (χ0v) is 6.82. The Labute approximate surface area is 61.3 Å². The van der Waals surface area contributed by atoms with Crippen molar-refractivity contribution in [3.8, 4) is 0 Å². The molecular formula is C5H12N2O2S. The molecule has 0 atom stereocenters. The Balaban J connectivity index is 2.58. The smallest absolute Gasteiger partial charge is 0.212 e. The third-order valence-corrected chi connectivity index (χ3v) is 2.92. The summed E-state index contributed by atoms with van der Waals surface area (Å²) in [5.41, 5.74) is 0. The molecule has 0 aliphatic carbocycles. The third-order valence-electron chi connectivity index (χ3n) is 1.56. The number of sulfonamides is 1.